The molecule has 2 atom stereocenters. The van der Waals surface area contributed by atoms with E-state index in [9.17, 15) is 4.79 Å². The van der Waals surface area contributed by atoms with E-state index < -0.39 is 0 Å². The maximum absolute atomic E-state index is 13.3. The Balaban J connectivity index is 1.79. The third-order valence-corrected chi connectivity index (χ3v) is 5.43. The first-order chi connectivity index (χ1) is 11.5. The first-order valence-corrected chi connectivity index (χ1v) is 9.07. The second-order valence-corrected chi connectivity index (χ2v) is 7.60. The van der Waals surface area contributed by atoms with Gasteiger partial charge < -0.3 is 10.6 Å². The van der Waals surface area contributed by atoms with Crippen molar-refractivity contribution in [3.63, 3.8) is 0 Å². The molecule has 1 aliphatic carbocycles. The standard InChI is InChI=1S/C19H22ClN3O/c1-11-8-14(21)6-7-23(11)19(24)16-10-18(12-2-3-12)22-17-5-4-13(20)9-15(16)17/h4-5,9-12,14H,2-3,6-8,21H2,1H3/t11-,14+/m0/s1. The predicted molar refractivity (Wildman–Crippen MR) is 96.4 cm³/mol. The zero-order valence-corrected chi connectivity index (χ0v) is 14.6. The average Bonchev–Trinajstić information content (AvgIpc) is 3.38. The fraction of sp³-hybridized carbons (Fsp3) is 0.474. The van der Waals surface area contributed by atoms with Crippen LogP contribution < -0.4 is 5.73 Å². The number of carbonyl (C=O) groups is 1. The Morgan fingerprint density at radius 1 is 1.29 bits per heavy atom. The van der Waals surface area contributed by atoms with Crippen LogP contribution in [0.4, 0.5) is 0 Å². The third kappa shape index (κ3) is 2.89. The highest BCUT2D eigenvalue weighted by molar-refractivity contribution is 6.31. The molecule has 4 rings (SSSR count). The van der Waals surface area contributed by atoms with E-state index in [0.29, 0.717) is 17.5 Å². The predicted octanol–water partition coefficient (Wildman–Crippen LogP) is 3.72. The van der Waals surface area contributed by atoms with Crippen LogP contribution in [-0.2, 0) is 0 Å². The Labute approximate surface area is 147 Å². The summed E-state index contributed by atoms with van der Waals surface area (Å²) in [4.78, 5) is 20.0. The van der Waals surface area contributed by atoms with Gasteiger partial charge in [0.05, 0.1) is 11.1 Å². The van der Waals surface area contributed by atoms with Gasteiger partial charge in [-0.25, -0.2) is 0 Å². The third-order valence-electron chi connectivity index (χ3n) is 5.19. The SMILES string of the molecule is C[C@H]1C[C@H](N)CCN1C(=O)c1cc(C2CC2)nc2ccc(Cl)cc12. The van der Waals surface area contributed by atoms with Crippen LogP contribution in [-0.4, -0.2) is 34.4 Å². The van der Waals surface area contributed by atoms with Gasteiger partial charge in [0.15, 0.2) is 0 Å². The van der Waals surface area contributed by atoms with E-state index in [1.165, 1.54) is 0 Å². The molecule has 4 nitrogen and oxygen atoms in total. The zero-order chi connectivity index (χ0) is 16.8. The Hall–Kier alpha value is -1.65. The molecule has 24 heavy (non-hydrogen) atoms. The molecule has 1 aromatic carbocycles. The summed E-state index contributed by atoms with van der Waals surface area (Å²) in [5, 5.41) is 1.48. The number of carbonyl (C=O) groups excluding carboxylic acids is 1. The summed E-state index contributed by atoms with van der Waals surface area (Å²) in [6.07, 6.45) is 4.03. The number of halogens is 1. The van der Waals surface area contributed by atoms with Crippen molar-refractivity contribution in [1.29, 1.82) is 0 Å². The van der Waals surface area contributed by atoms with Crippen LogP contribution in [0.2, 0.25) is 5.02 Å². The second-order valence-electron chi connectivity index (χ2n) is 7.16. The number of hydrogen-bond acceptors (Lipinski definition) is 3. The molecule has 1 saturated heterocycles. The normalized spacial score (nSPS) is 24.4. The summed E-state index contributed by atoms with van der Waals surface area (Å²) in [7, 11) is 0. The molecule has 2 aliphatic rings. The molecular weight excluding hydrogens is 322 g/mol. The molecule has 0 radical (unpaired) electrons. The van der Waals surface area contributed by atoms with E-state index in [0.717, 1.165) is 47.8 Å². The minimum Gasteiger partial charge on any atom is -0.336 e. The maximum Gasteiger partial charge on any atom is 0.254 e. The fourth-order valence-corrected chi connectivity index (χ4v) is 3.82. The van der Waals surface area contributed by atoms with Crippen LogP contribution in [0, 0.1) is 0 Å². The quantitative estimate of drug-likeness (QED) is 0.904. The van der Waals surface area contributed by atoms with Gasteiger partial charge >= 0.3 is 0 Å². The summed E-state index contributed by atoms with van der Waals surface area (Å²) in [5.41, 5.74) is 8.66. The van der Waals surface area contributed by atoms with E-state index in [1.54, 1.807) is 0 Å². The summed E-state index contributed by atoms with van der Waals surface area (Å²) in [6.45, 7) is 2.79. The molecule has 5 heteroatoms. The van der Waals surface area contributed by atoms with Crippen LogP contribution in [0.5, 0.6) is 0 Å². The molecule has 1 amide bonds. The first-order valence-electron chi connectivity index (χ1n) is 8.69. The van der Waals surface area contributed by atoms with Gasteiger partial charge in [-0.3, -0.25) is 9.78 Å². The van der Waals surface area contributed by atoms with Crippen LogP contribution in [0.3, 0.4) is 0 Å². The maximum atomic E-state index is 13.3. The van der Waals surface area contributed by atoms with Gasteiger partial charge in [-0.2, -0.15) is 0 Å². The molecule has 1 saturated carbocycles. The Morgan fingerprint density at radius 2 is 2.08 bits per heavy atom. The van der Waals surface area contributed by atoms with Crippen molar-refractivity contribution in [2.24, 2.45) is 5.73 Å². The second kappa shape index (κ2) is 6.01. The van der Waals surface area contributed by atoms with Crippen molar-refractivity contribution in [3.05, 3.63) is 40.5 Å². The van der Waals surface area contributed by atoms with Gasteiger partial charge in [0.2, 0.25) is 0 Å². The van der Waals surface area contributed by atoms with Crippen LogP contribution in [0.1, 0.15) is 54.6 Å². The van der Waals surface area contributed by atoms with Crippen molar-refractivity contribution >= 4 is 28.4 Å². The molecule has 1 aliphatic heterocycles. The fourth-order valence-electron chi connectivity index (χ4n) is 3.65. The van der Waals surface area contributed by atoms with E-state index >= 15 is 0 Å². The summed E-state index contributed by atoms with van der Waals surface area (Å²) < 4.78 is 0. The minimum absolute atomic E-state index is 0.0750. The first kappa shape index (κ1) is 15.9. The van der Waals surface area contributed by atoms with Crippen molar-refractivity contribution in [2.45, 2.75) is 50.6 Å². The molecule has 0 spiro atoms. The lowest BCUT2D eigenvalue weighted by Gasteiger charge is -2.36. The minimum atomic E-state index is 0.0750. The van der Waals surface area contributed by atoms with E-state index in [4.69, 9.17) is 22.3 Å². The molecule has 2 fully saturated rings. The molecule has 126 valence electrons. The Bertz CT molecular complexity index is 803. The molecular formula is C19H22ClN3O. The highest BCUT2D eigenvalue weighted by Crippen LogP contribution is 2.40. The number of fused-ring (bicyclic) bond motifs is 1. The number of likely N-dealkylation sites (tertiary alicyclic amines) is 1. The highest BCUT2D eigenvalue weighted by atomic mass is 35.5. The largest absolute Gasteiger partial charge is 0.336 e. The lowest BCUT2D eigenvalue weighted by molar-refractivity contribution is 0.0621. The number of benzene rings is 1. The van der Waals surface area contributed by atoms with Gasteiger partial charge in [0.1, 0.15) is 0 Å². The van der Waals surface area contributed by atoms with Gasteiger partial charge in [-0.1, -0.05) is 11.6 Å². The van der Waals surface area contributed by atoms with Crippen molar-refractivity contribution in [3.8, 4) is 0 Å². The van der Waals surface area contributed by atoms with Crippen molar-refractivity contribution in [1.82, 2.24) is 9.88 Å². The molecule has 2 aromatic rings. The number of aromatic nitrogens is 1. The number of hydrogen-bond donors (Lipinski definition) is 1. The van der Waals surface area contributed by atoms with Gasteiger partial charge in [-0.15, -0.1) is 0 Å². The lowest BCUT2D eigenvalue weighted by atomic mass is 9.97. The smallest absolute Gasteiger partial charge is 0.254 e. The topological polar surface area (TPSA) is 59.2 Å². The zero-order valence-electron chi connectivity index (χ0n) is 13.8. The number of rotatable bonds is 2. The van der Waals surface area contributed by atoms with Crippen LogP contribution >= 0.6 is 11.6 Å². The highest BCUT2D eigenvalue weighted by Gasteiger charge is 2.31. The van der Waals surface area contributed by atoms with Gasteiger partial charge in [-0.05, 0) is 56.9 Å². The van der Waals surface area contributed by atoms with E-state index in [2.05, 4.69) is 6.92 Å². The Kier molecular flexibility index (Phi) is 3.97. The van der Waals surface area contributed by atoms with Crippen molar-refractivity contribution < 1.29 is 4.79 Å². The van der Waals surface area contributed by atoms with Crippen LogP contribution in [0.15, 0.2) is 24.3 Å². The average molecular weight is 344 g/mol. The number of piperidine rings is 1. The number of pyridine rings is 1. The van der Waals surface area contributed by atoms with Crippen molar-refractivity contribution in [2.75, 3.05) is 6.54 Å². The lowest BCUT2D eigenvalue weighted by Crippen LogP contribution is -2.48. The summed E-state index contributed by atoms with van der Waals surface area (Å²) >= 11 is 6.17. The molecule has 0 unspecified atom stereocenters. The molecule has 1 aromatic heterocycles. The molecule has 2 N–H and O–H groups in total. The van der Waals surface area contributed by atoms with E-state index in [-0.39, 0.29) is 18.0 Å². The van der Waals surface area contributed by atoms with Crippen LogP contribution in [0.25, 0.3) is 10.9 Å². The molecule has 2 heterocycles. The molecule has 0 bridgehead atoms. The summed E-state index contributed by atoms with van der Waals surface area (Å²) in [6, 6.07) is 7.94. The monoisotopic (exact) mass is 343 g/mol. The Morgan fingerprint density at radius 3 is 2.79 bits per heavy atom. The summed E-state index contributed by atoms with van der Waals surface area (Å²) in [5.74, 6) is 0.579. The number of nitrogens with two attached hydrogens (primary N) is 1. The van der Waals surface area contributed by atoms with Gasteiger partial charge in [0.25, 0.3) is 5.91 Å². The van der Waals surface area contributed by atoms with Gasteiger partial charge in [0, 0.05) is 40.6 Å². The van der Waals surface area contributed by atoms with E-state index in [1.807, 2.05) is 29.2 Å². The number of amides is 1. The number of nitrogens with zero attached hydrogens (tertiary/aromatic N) is 2.